The normalized spacial score (nSPS) is 12.0. The van der Waals surface area contributed by atoms with Crippen molar-refractivity contribution in [2.75, 3.05) is 0 Å². The van der Waals surface area contributed by atoms with Gasteiger partial charge in [-0.1, -0.05) is 97.1 Å². The summed E-state index contributed by atoms with van der Waals surface area (Å²) in [6.07, 6.45) is 0. The van der Waals surface area contributed by atoms with Crippen molar-refractivity contribution in [1.29, 1.82) is 0 Å². The molecule has 0 aliphatic carbocycles. The first-order valence-corrected chi connectivity index (χ1v) is 15.9. The van der Waals surface area contributed by atoms with E-state index in [-0.39, 0.29) is 0 Å². The molecule has 0 spiro atoms. The van der Waals surface area contributed by atoms with E-state index in [0.717, 1.165) is 37.9 Å². The number of benzene rings is 7. The fourth-order valence-electron chi connectivity index (χ4n) is 7.02. The van der Waals surface area contributed by atoms with E-state index in [2.05, 4.69) is 126 Å². The van der Waals surface area contributed by atoms with Crippen LogP contribution in [0.1, 0.15) is 0 Å². The lowest BCUT2D eigenvalue weighted by atomic mass is 9.92. The minimum absolute atomic E-state index is 0.782. The molecule has 0 radical (unpaired) electrons. The molecule has 0 aliphatic rings. The Morgan fingerprint density at radius 3 is 1.80 bits per heavy atom. The molecule has 10 rings (SSSR count). The third kappa shape index (κ3) is 3.67. The van der Waals surface area contributed by atoms with E-state index in [0.29, 0.717) is 0 Å². The van der Waals surface area contributed by atoms with Crippen LogP contribution in [-0.4, -0.2) is 9.55 Å². The van der Waals surface area contributed by atoms with Crippen molar-refractivity contribution in [2.45, 2.75) is 0 Å². The molecule has 0 saturated heterocycles. The second-order valence-corrected chi connectivity index (χ2v) is 12.6. The molecule has 0 bridgehead atoms. The van der Waals surface area contributed by atoms with E-state index in [1.165, 1.54) is 54.2 Å². The third-order valence-electron chi connectivity index (χ3n) is 9.07. The molecule has 10 aromatic rings. The zero-order chi connectivity index (χ0) is 29.5. The van der Waals surface area contributed by atoms with Crippen molar-refractivity contribution >= 4 is 75.7 Å². The maximum atomic E-state index is 6.51. The summed E-state index contributed by atoms with van der Waals surface area (Å²) in [5.74, 6) is 1.57. The number of fused-ring (bicyclic) bond motifs is 10. The summed E-state index contributed by atoms with van der Waals surface area (Å²) >= 11 is 1.66. The van der Waals surface area contributed by atoms with Crippen LogP contribution in [0.25, 0.3) is 92.1 Å². The fraction of sp³-hybridized carbons (Fsp3) is 0. The molecule has 0 aliphatic heterocycles. The van der Waals surface area contributed by atoms with Gasteiger partial charge in [0.2, 0.25) is 5.88 Å². The Morgan fingerprint density at radius 1 is 0.467 bits per heavy atom. The van der Waals surface area contributed by atoms with Crippen molar-refractivity contribution in [1.82, 2.24) is 9.55 Å². The van der Waals surface area contributed by atoms with Crippen LogP contribution in [0.15, 0.2) is 150 Å². The Hall–Kier alpha value is -5.71. The van der Waals surface area contributed by atoms with E-state index in [1.54, 1.807) is 11.3 Å². The molecule has 3 nitrogen and oxygen atoms in total. The van der Waals surface area contributed by atoms with Crippen molar-refractivity contribution in [3.05, 3.63) is 146 Å². The highest BCUT2D eigenvalue weighted by Gasteiger charge is 2.18. The minimum atomic E-state index is 0.782. The maximum absolute atomic E-state index is 6.51. The molecule has 0 amide bonds. The van der Waals surface area contributed by atoms with Crippen LogP contribution in [0, 0.1) is 0 Å². The smallest absolute Gasteiger partial charge is 0.205 e. The standard InChI is InChI=1S/C41H24N2OS/c1-2-11-29-27(9-1)28-10-3-4-12-30(28)33-23-25(17-19-31(29)33)26-18-20-37-34(24-26)32-13-5-7-15-36(32)43(37)40-22-21-38(44-40)41-42-35-14-6-8-16-39(35)45-41/h1-24H. The van der Waals surface area contributed by atoms with Crippen molar-refractivity contribution in [3.63, 3.8) is 0 Å². The van der Waals surface area contributed by atoms with Gasteiger partial charge in [0, 0.05) is 16.8 Å². The van der Waals surface area contributed by atoms with Gasteiger partial charge in [0.25, 0.3) is 0 Å². The third-order valence-corrected chi connectivity index (χ3v) is 10.1. The van der Waals surface area contributed by atoms with Crippen LogP contribution in [0.3, 0.4) is 0 Å². The van der Waals surface area contributed by atoms with Gasteiger partial charge in [-0.05, 0) is 85.9 Å². The summed E-state index contributed by atoms with van der Waals surface area (Å²) in [7, 11) is 0. The molecule has 210 valence electrons. The van der Waals surface area contributed by atoms with Crippen LogP contribution < -0.4 is 0 Å². The Balaban J connectivity index is 1.15. The summed E-state index contributed by atoms with van der Waals surface area (Å²) in [4.78, 5) is 4.82. The number of hydrogen-bond donors (Lipinski definition) is 0. The summed E-state index contributed by atoms with van der Waals surface area (Å²) in [6, 6.07) is 52.1. The predicted octanol–water partition coefficient (Wildman–Crippen LogP) is 11.8. The first kappa shape index (κ1) is 24.7. The van der Waals surface area contributed by atoms with Gasteiger partial charge in [0.15, 0.2) is 10.8 Å². The predicted molar refractivity (Wildman–Crippen MR) is 190 cm³/mol. The molecule has 0 atom stereocenters. The van der Waals surface area contributed by atoms with Gasteiger partial charge in [-0.25, -0.2) is 4.98 Å². The Bertz CT molecular complexity index is 2710. The molecular formula is C41H24N2OS. The van der Waals surface area contributed by atoms with Crippen LogP contribution in [0.5, 0.6) is 0 Å². The second-order valence-electron chi connectivity index (χ2n) is 11.6. The van der Waals surface area contributed by atoms with Crippen molar-refractivity contribution in [3.8, 4) is 27.8 Å². The molecule has 0 fully saturated rings. The highest BCUT2D eigenvalue weighted by Crippen LogP contribution is 2.40. The molecule has 3 aromatic heterocycles. The topological polar surface area (TPSA) is 31.0 Å². The summed E-state index contributed by atoms with van der Waals surface area (Å²) in [5, 5.41) is 11.0. The number of nitrogens with zero attached hydrogens (tertiary/aromatic N) is 2. The number of hydrogen-bond acceptors (Lipinski definition) is 3. The van der Waals surface area contributed by atoms with Gasteiger partial charge in [-0.3, -0.25) is 4.57 Å². The lowest BCUT2D eigenvalue weighted by Gasteiger charge is -2.12. The number of aromatic nitrogens is 2. The van der Waals surface area contributed by atoms with Crippen LogP contribution in [0.4, 0.5) is 0 Å². The molecule has 0 N–H and O–H groups in total. The van der Waals surface area contributed by atoms with Crippen LogP contribution in [0.2, 0.25) is 0 Å². The van der Waals surface area contributed by atoms with Crippen LogP contribution >= 0.6 is 11.3 Å². The molecule has 0 saturated carbocycles. The summed E-state index contributed by atoms with van der Waals surface area (Å²) in [6.45, 7) is 0. The van der Waals surface area contributed by atoms with Gasteiger partial charge >= 0.3 is 0 Å². The highest BCUT2D eigenvalue weighted by molar-refractivity contribution is 7.21. The molecule has 45 heavy (non-hydrogen) atoms. The lowest BCUT2D eigenvalue weighted by Crippen LogP contribution is -1.91. The molecule has 0 unspecified atom stereocenters. The zero-order valence-electron chi connectivity index (χ0n) is 24.1. The number of rotatable bonds is 3. The molecule has 7 aromatic carbocycles. The van der Waals surface area contributed by atoms with Gasteiger partial charge in [0.1, 0.15) is 0 Å². The SMILES string of the molecule is c1ccc2sc(-c3ccc(-n4c5ccccc5c5cc(-c6ccc7c8ccccc8c8ccccc8c7c6)ccc54)o3)nc2c1. The first-order valence-electron chi connectivity index (χ1n) is 15.1. The molecular weight excluding hydrogens is 569 g/mol. The average Bonchev–Trinajstić information content (AvgIpc) is 3.84. The van der Waals surface area contributed by atoms with E-state index in [9.17, 15) is 0 Å². The largest absolute Gasteiger partial charge is 0.437 e. The van der Waals surface area contributed by atoms with Gasteiger partial charge in [-0.2, -0.15) is 0 Å². The molecule has 4 heteroatoms. The fourth-order valence-corrected chi connectivity index (χ4v) is 7.94. The quantitative estimate of drug-likeness (QED) is 0.191. The minimum Gasteiger partial charge on any atom is -0.437 e. The molecule has 3 heterocycles. The summed E-state index contributed by atoms with van der Waals surface area (Å²) in [5.41, 5.74) is 5.62. The van der Waals surface area contributed by atoms with Gasteiger partial charge in [0.05, 0.1) is 21.3 Å². The number of thiazole rings is 1. The Labute approximate surface area is 262 Å². The van der Waals surface area contributed by atoms with E-state index >= 15 is 0 Å². The maximum Gasteiger partial charge on any atom is 0.205 e. The van der Waals surface area contributed by atoms with E-state index < -0.39 is 0 Å². The average molecular weight is 593 g/mol. The van der Waals surface area contributed by atoms with E-state index in [4.69, 9.17) is 9.40 Å². The van der Waals surface area contributed by atoms with Gasteiger partial charge in [-0.15, -0.1) is 11.3 Å². The van der Waals surface area contributed by atoms with Crippen LogP contribution in [-0.2, 0) is 0 Å². The monoisotopic (exact) mass is 592 g/mol. The first-order chi connectivity index (χ1) is 22.3. The zero-order valence-corrected chi connectivity index (χ0v) is 24.9. The lowest BCUT2D eigenvalue weighted by molar-refractivity contribution is 0.560. The van der Waals surface area contributed by atoms with E-state index in [1.807, 2.05) is 24.3 Å². The van der Waals surface area contributed by atoms with Crippen molar-refractivity contribution < 1.29 is 4.42 Å². The summed E-state index contributed by atoms with van der Waals surface area (Å²) < 4.78 is 9.89. The highest BCUT2D eigenvalue weighted by atomic mass is 32.1. The Kier molecular flexibility index (Phi) is 5.16. The Morgan fingerprint density at radius 2 is 1.04 bits per heavy atom. The second kappa shape index (κ2) is 9.39. The number of para-hydroxylation sites is 2. The van der Waals surface area contributed by atoms with Gasteiger partial charge < -0.3 is 4.42 Å². The van der Waals surface area contributed by atoms with Crippen molar-refractivity contribution in [2.24, 2.45) is 0 Å². The number of furan rings is 1.